The van der Waals surface area contributed by atoms with E-state index in [1.165, 1.54) is 0 Å². The van der Waals surface area contributed by atoms with Crippen molar-refractivity contribution in [2.24, 2.45) is 0 Å². The van der Waals surface area contributed by atoms with Gasteiger partial charge in [0.2, 0.25) is 0 Å². The van der Waals surface area contributed by atoms with Gasteiger partial charge >= 0.3 is 0 Å². The van der Waals surface area contributed by atoms with E-state index in [1.54, 1.807) is 24.4 Å². The summed E-state index contributed by atoms with van der Waals surface area (Å²) in [6.45, 7) is 3.76. The fourth-order valence-electron chi connectivity index (χ4n) is 1.67. The van der Waals surface area contributed by atoms with Crippen LogP contribution in [0.4, 0.5) is 11.4 Å². The second-order valence-electron chi connectivity index (χ2n) is 4.19. The summed E-state index contributed by atoms with van der Waals surface area (Å²) in [5, 5.41) is 2.81. The van der Waals surface area contributed by atoms with Crippen molar-refractivity contribution in [1.82, 2.24) is 4.98 Å². The molecule has 0 radical (unpaired) electrons. The van der Waals surface area contributed by atoms with Gasteiger partial charge in [-0.3, -0.25) is 9.78 Å². The molecule has 1 heterocycles. The monoisotopic (exact) mass is 241 g/mol. The minimum absolute atomic E-state index is 0.211. The maximum atomic E-state index is 12.0. The molecule has 4 nitrogen and oxygen atoms in total. The Morgan fingerprint density at radius 3 is 2.67 bits per heavy atom. The van der Waals surface area contributed by atoms with E-state index in [4.69, 9.17) is 5.73 Å². The maximum absolute atomic E-state index is 12.0. The third-order valence-corrected chi connectivity index (χ3v) is 2.75. The predicted octanol–water partition coefficient (Wildman–Crippen LogP) is 2.53. The van der Waals surface area contributed by atoms with Crippen LogP contribution in [0.3, 0.4) is 0 Å². The number of pyridine rings is 1. The second-order valence-corrected chi connectivity index (χ2v) is 4.19. The molecule has 2 aromatic rings. The van der Waals surface area contributed by atoms with Gasteiger partial charge in [-0.25, -0.2) is 0 Å². The van der Waals surface area contributed by atoms with Gasteiger partial charge in [0.05, 0.1) is 0 Å². The average Bonchev–Trinajstić information content (AvgIpc) is 2.34. The Bertz CT molecular complexity index is 593. The SMILES string of the molecule is Cc1cc(NC(=O)c2ncccc2C)ccc1N. The lowest BCUT2D eigenvalue weighted by atomic mass is 10.1. The normalized spacial score (nSPS) is 10.1. The van der Waals surface area contributed by atoms with Gasteiger partial charge in [0, 0.05) is 17.6 Å². The number of aromatic nitrogens is 1. The molecular formula is C14H15N3O. The summed E-state index contributed by atoms with van der Waals surface area (Å²) in [6, 6.07) is 9.05. The fourth-order valence-corrected chi connectivity index (χ4v) is 1.67. The molecule has 0 aliphatic rings. The van der Waals surface area contributed by atoms with E-state index < -0.39 is 0 Å². The Balaban J connectivity index is 2.22. The Morgan fingerprint density at radius 2 is 2.00 bits per heavy atom. The van der Waals surface area contributed by atoms with Crippen LogP contribution in [0, 0.1) is 13.8 Å². The van der Waals surface area contributed by atoms with E-state index in [-0.39, 0.29) is 5.91 Å². The maximum Gasteiger partial charge on any atom is 0.274 e. The highest BCUT2D eigenvalue weighted by Crippen LogP contribution is 2.17. The molecule has 0 fully saturated rings. The number of nitrogen functional groups attached to an aromatic ring is 1. The molecular weight excluding hydrogens is 226 g/mol. The minimum Gasteiger partial charge on any atom is -0.399 e. The van der Waals surface area contributed by atoms with Gasteiger partial charge in [0.1, 0.15) is 5.69 Å². The number of benzene rings is 1. The summed E-state index contributed by atoms with van der Waals surface area (Å²) < 4.78 is 0. The van der Waals surface area contributed by atoms with Gasteiger partial charge in [0.25, 0.3) is 5.91 Å². The molecule has 1 aromatic carbocycles. The predicted molar refractivity (Wildman–Crippen MR) is 72.5 cm³/mol. The molecule has 4 heteroatoms. The van der Waals surface area contributed by atoms with Crippen LogP contribution in [0.5, 0.6) is 0 Å². The summed E-state index contributed by atoms with van der Waals surface area (Å²) in [5.41, 5.74) is 9.38. The van der Waals surface area contributed by atoms with E-state index >= 15 is 0 Å². The number of carbonyl (C=O) groups is 1. The zero-order valence-electron chi connectivity index (χ0n) is 10.4. The Labute approximate surface area is 106 Å². The first kappa shape index (κ1) is 12.1. The van der Waals surface area contributed by atoms with Crippen molar-refractivity contribution >= 4 is 17.3 Å². The molecule has 0 saturated carbocycles. The Kier molecular flexibility index (Phi) is 3.28. The molecule has 18 heavy (non-hydrogen) atoms. The van der Waals surface area contributed by atoms with Crippen LogP contribution in [0.1, 0.15) is 21.6 Å². The summed E-state index contributed by atoms with van der Waals surface area (Å²) in [7, 11) is 0. The highest BCUT2D eigenvalue weighted by atomic mass is 16.1. The van der Waals surface area contributed by atoms with E-state index in [9.17, 15) is 4.79 Å². The number of carbonyl (C=O) groups excluding carboxylic acids is 1. The van der Waals surface area contributed by atoms with Crippen molar-refractivity contribution in [2.75, 3.05) is 11.1 Å². The van der Waals surface area contributed by atoms with Crippen LogP contribution in [-0.2, 0) is 0 Å². The van der Waals surface area contributed by atoms with Crippen molar-refractivity contribution in [3.63, 3.8) is 0 Å². The number of rotatable bonds is 2. The van der Waals surface area contributed by atoms with Crippen molar-refractivity contribution in [3.05, 3.63) is 53.3 Å². The quantitative estimate of drug-likeness (QED) is 0.794. The highest BCUT2D eigenvalue weighted by Gasteiger charge is 2.10. The molecule has 0 bridgehead atoms. The fraction of sp³-hybridized carbons (Fsp3) is 0.143. The van der Waals surface area contributed by atoms with Crippen LogP contribution in [-0.4, -0.2) is 10.9 Å². The van der Waals surface area contributed by atoms with Crippen LogP contribution in [0.2, 0.25) is 0 Å². The van der Waals surface area contributed by atoms with Crippen molar-refractivity contribution < 1.29 is 4.79 Å². The molecule has 3 N–H and O–H groups in total. The van der Waals surface area contributed by atoms with Gasteiger partial charge < -0.3 is 11.1 Å². The molecule has 1 amide bonds. The summed E-state index contributed by atoms with van der Waals surface area (Å²) in [6.07, 6.45) is 1.61. The van der Waals surface area contributed by atoms with Gasteiger partial charge in [-0.05, 0) is 49.2 Å². The lowest BCUT2D eigenvalue weighted by molar-refractivity contribution is 0.102. The molecule has 0 aliphatic heterocycles. The van der Waals surface area contributed by atoms with Crippen molar-refractivity contribution in [2.45, 2.75) is 13.8 Å². The summed E-state index contributed by atoms with van der Waals surface area (Å²) in [5.74, 6) is -0.211. The zero-order valence-corrected chi connectivity index (χ0v) is 10.4. The molecule has 92 valence electrons. The standard InChI is InChI=1S/C14H15N3O/c1-9-4-3-7-16-13(9)14(18)17-11-5-6-12(15)10(2)8-11/h3-8H,15H2,1-2H3,(H,17,18). The molecule has 0 aliphatic carbocycles. The number of nitrogens with zero attached hydrogens (tertiary/aromatic N) is 1. The van der Waals surface area contributed by atoms with Crippen molar-refractivity contribution in [3.8, 4) is 0 Å². The van der Waals surface area contributed by atoms with Crippen LogP contribution in [0.15, 0.2) is 36.5 Å². The second kappa shape index (κ2) is 4.87. The van der Waals surface area contributed by atoms with Gasteiger partial charge in [-0.1, -0.05) is 6.07 Å². The summed E-state index contributed by atoms with van der Waals surface area (Å²) in [4.78, 5) is 16.1. The van der Waals surface area contributed by atoms with Crippen molar-refractivity contribution in [1.29, 1.82) is 0 Å². The molecule has 2 rings (SSSR count). The lowest BCUT2D eigenvalue weighted by Crippen LogP contribution is -2.15. The van der Waals surface area contributed by atoms with Gasteiger partial charge in [-0.2, -0.15) is 0 Å². The first-order chi connectivity index (χ1) is 8.58. The number of amides is 1. The Hall–Kier alpha value is -2.36. The van der Waals surface area contributed by atoms with Gasteiger partial charge in [0.15, 0.2) is 0 Å². The summed E-state index contributed by atoms with van der Waals surface area (Å²) >= 11 is 0. The molecule has 0 unspecified atom stereocenters. The smallest absolute Gasteiger partial charge is 0.274 e. The Morgan fingerprint density at radius 1 is 1.22 bits per heavy atom. The van der Waals surface area contributed by atoms with Crippen LogP contribution >= 0.6 is 0 Å². The minimum atomic E-state index is -0.211. The lowest BCUT2D eigenvalue weighted by Gasteiger charge is -2.08. The third-order valence-electron chi connectivity index (χ3n) is 2.75. The molecule has 0 spiro atoms. The number of nitrogens with one attached hydrogen (secondary N) is 1. The first-order valence-electron chi connectivity index (χ1n) is 5.67. The van der Waals surface area contributed by atoms with Crippen LogP contribution in [0.25, 0.3) is 0 Å². The van der Waals surface area contributed by atoms with E-state index in [2.05, 4.69) is 10.3 Å². The number of hydrogen-bond donors (Lipinski definition) is 2. The first-order valence-corrected chi connectivity index (χ1v) is 5.67. The zero-order chi connectivity index (χ0) is 13.1. The number of nitrogens with two attached hydrogens (primary N) is 1. The van der Waals surface area contributed by atoms with E-state index in [0.717, 1.165) is 16.8 Å². The average molecular weight is 241 g/mol. The highest BCUT2D eigenvalue weighted by molar-refractivity contribution is 6.03. The van der Waals surface area contributed by atoms with E-state index in [0.29, 0.717) is 11.4 Å². The topological polar surface area (TPSA) is 68.0 Å². The number of aryl methyl sites for hydroxylation is 2. The van der Waals surface area contributed by atoms with Crippen LogP contribution < -0.4 is 11.1 Å². The largest absolute Gasteiger partial charge is 0.399 e. The third kappa shape index (κ3) is 2.48. The van der Waals surface area contributed by atoms with Gasteiger partial charge in [-0.15, -0.1) is 0 Å². The number of hydrogen-bond acceptors (Lipinski definition) is 3. The molecule has 1 aromatic heterocycles. The molecule has 0 saturated heterocycles. The van der Waals surface area contributed by atoms with E-state index in [1.807, 2.05) is 26.0 Å². The number of anilines is 2. The molecule has 0 atom stereocenters.